The van der Waals surface area contributed by atoms with E-state index in [1.165, 1.54) is 30.1 Å². The van der Waals surface area contributed by atoms with Crippen molar-refractivity contribution in [3.63, 3.8) is 0 Å². The molecule has 106 valence electrons. The molecule has 0 aliphatic carbocycles. The molecule has 5 nitrogen and oxygen atoms in total. The highest BCUT2D eigenvalue weighted by molar-refractivity contribution is 5.86. The number of esters is 1. The van der Waals surface area contributed by atoms with Crippen LogP contribution in [0.2, 0.25) is 0 Å². The van der Waals surface area contributed by atoms with Crippen molar-refractivity contribution in [2.75, 3.05) is 7.11 Å². The summed E-state index contributed by atoms with van der Waals surface area (Å²) in [5, 5.41) is 7.29. The molecule has 1 aromatic carbocycles. The van der Waals surface area contributed by atoms with Crippen molar-refractivity contribution >= 4 is 5.97 Å². The summed E-state index contributed by atoms with van der Waals surface area (Å²) in [5.74, 6) is -0.622. The second kappa shape index (κ2) is 5.32. The number of benzene rings is 1. The van der Waals surface area contributed by atoms with E-state index in [-0.39, 0.29) is 12.2 Å². The Bertz CT molecular complexity index is 605. The van der Waals surface area contributed by atoms with Crippen LogP contribution in [-0.4, -0.2) is 28.1 Å². The Morgan fingerprint density at radius 3 is 2.50 bits per heavy atom. The van der Waals surface area contributed by atoms with Gasteiger partial charge < -0.3 is 4.74 Å². The maximum atomic E-state index is 12.4. The first-order chi connectivity index (χ1) is 9.40. The minimum Gasteiger partial charge on any atom is -0.464 e. The summed E-state index contributed by atoms with van der Waals surface area (Å²) >= 11 is 0. The molecule has 0 aliphatic rings. The number of nitrogens with zero attached hydrogens (tertiary/aromatic N) is 3. The molecule has 0 bridgehead atoms. The first kappa shape index (κ1) is 14.0. The van der Waals surface area contributed by atoms with Crippen LogP contribution in [0.5, 0.6) is 0 Å². The standard InChI is InChI=1S/C12H10F3N3O2/c1-20-11(19)10-7-18(17-16-10)6-8-2-4-9(5-3-8)12(13,14)15/h2-5,7H,6H2,1H3. The fraction of sp³-hybridized carbons (Fsp3) is 0.250. The molecule has 0 N–H and O–H groups in total. The topological polar surface area (TPSA) is 57.0 Å². The number of methoxy groups -OCH3 is 1. The van der Waals surface area contributed by atoms with E-state index in [1.54, 1.807) is 0 Å². The van der Waals surface area contributed by atoms with Crippen molar-refractivity contribution in [3.05, 3.63) is 47.3 Å². The van der Waals surface area contributed by atoms with E-state index in [9.17, 15) is 18.0 Å². The van der Waals surface area contributed by atoms with Gasteiger partial charge in [0.2, 0.25) is 0 Å². The molecular weight excluding hydrogens is 275 g/mol. The van der Waals surface area contributed by atoms with Gasteiger partial charge in [-0.25, -0.2) is 9.48 Å². The first-order valence-electron chi connectivity index (χ1n) is 5.55. The molecule has 0 atom stereocenters. The molecule has 8 heteroatoms. The highest BCUT2D eigenvalue weighted by Crippen LogP contribution is 2.29. The fourth-order valence-corrected chi connectivity index (χ4v) is 1.56. The lowest BCUT2D eigenvalue weighted by molar-refractivity contribution is -0.137. The largest absolute Gasteiger partial charge is 0.464 e. The molecule has 0 amide bonds. The Labute approximate surface area is 112 Å². The molecule has 2 aromatic rings. The Morgan fingerprint density at radius 1 is 1.30 bits per heavy atom. The summed E-state index contributed by atoms with van der Waals surface area (Å²) in [7, 11) is 1.22. The number of hydrogen-bond donors (Lipinski definition) is 0. The zero-order valence-electron chi connectivity index (χ0n) is 10.4. The van der Waals surface area contributed by atoms with Crippen molar-refractivity contribution in [1.29, 1.82) is 0 Å². The molecule has 0 fully saturated rings. The van der Waals surface area contributed by atoms with Gasteiger partial charge in [0.1, 0.15) is 0 Å². The second-order valence-electron chi connectivity index (χ2n) is 3.99. The Morgan fingerprint density at radius 2 is 1.95 bits per heavy atom. The van der Waals surface area contributed by atoms with E-state index < -0.39 is 17.7 Å². The normalized spacial score (nSPS) is 11.4. The minimum absolute atomic E-state index is 0.0411. The number of carbonyl (C=O) groups is 1. The maximum Gasteiger partial charge on any atom is 0.416 e. The van der Waals surface area contributed by atoms with Gasteiger partial charge in [0.15, 0.2) is 5.69 Å². The number of aromatic nitrogens is 3. The van der Waals surface area contributed by atoms with Crippen molar-refractivity contribution in [3.8, 4) is 0 Å². The van der Waals surface area contributed by atoms with Crippen LogP contribution in [-0.2, 0) is 17.5 Å². The fourth-order valence-electron chi connectivity index (χ4n) is 1.56. The predicted octanol–water partition coefficient (Wildman–Crippen LogP) is 2.13. The molecule has 0 spiro atoms. The smallest absolute Gasteiger partial charge is 0.416 e. The summed E-state index contributed by atoms with van der Waals surface area (Å²) < 4.78 is 43.0. The van der Waals surface area contributed by atoms with Gasteiger partial charge in [0.05, 0.1) is 25.4 Å². The first-order valence-corrected chi connectivity index (χ1v) is 5.55. The summed E-state index contributed by atoms with van der Waals surface area (Å²) in [6.45, 7) is 0.210. The van der Waals surface area contributed by atoms with Gasteiger partial charge in [-0.3, -0.25) is 0 Å². The van der Waals surface area contributed by atoms with E-state index in [1.807, 2.05) is 0 Å². The van der Waals surface area contributed by atoms with E-state index in [2.05, 4.69) is 15.0 Å². The summed E-state index contributed by atoms with van der Waals surface area (Å²) in [5.41, 5.74) is -0.0613. The molecule has 1 aromatic heterocycles. The van der Waals surface area contributed by atoms with Gasteiger partial charge in [-0.15, -0.1) is 5.10 Å². The molecule has 0 aliphatic heterocycles. The minimum atomic E-state index is -4.36. The zero-order valence-corrected chi connectivity index (χ0v) is 10.4. The number of alkyl halides is 3. The number of ether oxygens (including phenoxy) is 1. The van der Waals surface area contributed by atoms with Crippen LogP contribution in [0.1, 0.15) is 21.6 Å². The summed E-state index contributed by atoms with van der Waals surface area (Å²) in [6.07, 6.45) is -2.99. The number of rotatable bonds is 3. The average Bonchev–Trinajstić information content (AvgIpc) is 2.86. The third-order valence-corrected chi connectivity index (χ3v) is 2.56. The van der Waals surface area contributed by atoms with Gasteiger partial charge in [-0.05, 0) is 17.7 Å². The molecule has 1 heterocycles. The van der Waals surface area contributed by atoms with Crippen LogP contribution in [0, 0.1) is 0 Å². The average molecular weight is 285 g/mol. The summed E-state index contributed by atoms with van der Waals surface area (Å²) in [4.78, 5) is 11.2. The van der Waals surface area contributed by atoms with Crippen LogP contribution in [0.3, 0.4) is 0 Å². The molecule has 0 radical (unpaired) electrons. The Kier molecular flexibility index (Phi) is 3.73. The molecule has 0 unspecified atom stereocenters. The van der Waals surface area contributed by atoms with Gasteiger partial charge >= 0.3 is 12.1 Å². The Balaban J connectivity index is 2.10. The Hall–Kier alpha value is -2.38. The van der Waals surface area contributed by atoms with Crippen molar-refractivity contribution in [2.45, 2.75) is 12.7 Å². The predicted molar refractivity (Wildman–Crippen MR) is 61.9 cm³/mol. The van der Waals surface area contributed by atoms with Gasteiger partial charge in [0, 0.05) is 0 Å². The number of hydrogen-bond acceptors (Lipinski definition) is 4. The molecule has 0 saturated carbocycles. The van der Waals surface area contributed by atoms with E-state index in [0.717, 1.165) is 12.1 Å². The lowest BCUT2D eigenvalue weighted by atomic mass is 10.1. The SMILES string of the molecule is COC(=O)c1cn(Cc2ccc(C(F)(F)F)cc2)nn1. The molecule has 2 rings (SSSR count). The van der Waals surface area contributed by atoms with E-state index in [0.29, 0.717) is 5.56 Å². The summed E-state index contributed by atoms with van der Waals surface area (Å²) in [6, 6.07) is 4.69. The number of halogens is 3. The highest BCUT2D eigenvalue weighted by atomic mass is 19.4. The lowest BCUT2D eigenvalue weighted by Crippen LogP contribution is -2.06. The molecular formula is C12H10F3N3O2. The quantitative estimate of drug-likeness (QED) is 0.811. The maximum absolute atomic E-state index is 12.4. The second-order valence-corrected chi connectivity index (χ2v) is 3.99. The lowest BCUT2D eigenvalue weighted by Gasteiger charge is -2.07. The van der Waals surface area contributed by atoms with Crippen molar-refractivity contribution in [1.82, 2.24) is 15.0 Å². The van der Waals surface area contributed by atoms with Gasteiger partial charge in [0.25, 0.3) is 0 Å². The van der Waals surface area contributed by atoms with E-state index in [4.69, 9.17) is 0 Å². The van der Waals surface area contributed by atoms with Crippen LogP contribution in [0.4, 0.5) is 13.2 Å². The van der Waals surface area contributed by atoms with Crippen LogP contribution in [0.15, 0.2) is 30.5 Å². The van der Waals surface area contributed by atoms with E-state index >= 15 is 0 Å². The monoisotopic (exact) mass is 285 g/mol. The molecule has 20 heavy (non-hydrogen) atoms. The van der Waals surface area contributed by atoms with Crippen molar-refractivity contribution in [2.24, 2.45) is 0 Å². The van der Waals surface area contributed by atoms with Gasteiger partial charge in [-0.2, -0.15) is 13.2 Å². The highest BCUT2D eigenvalue weighted by Gasteiger charge is 2.29. The van der Waals surface area contributed by atoms with Crippen LogP contribution < -0.4 is 0 Å². The van der Waals surface area contributed by atoms with Crippen LogP contribution >= 0.6 is 0 Å². The molecule has 0 saturated heterocycles. The third-order valence-electron chi connectivity index (χ3n) is 2.56. The number of carbonyl (C=O) groups excluding carboxylic acids is 1. The van der Waals surface area contributed by atoms with Gasteiger partial charge in [-0.1, -0.05) is 17.3 Å². The van der Waals surface area contributed by atoms with Crippen molar-refractivity contribution < 1.29 is 22.7 Å². The third kappa shape index (κ3) is 3.14. The van der Waals surface area contributed by atoms with Crippen LogP contribution in [0.25, 0.3) is 0 Å². The zero-order chi connectivity index (χ0) is 14.8.